The van der Waals surface area contributed by atoms with Gasteiger partial charge in [-0.2, -0.15) is 0 Å². The third-order valence-corrected chi connectivity index (χ3v) is 5.41. The number of aryl methyl sites for hydroxylation is 1. The molecule has 0 radical (unpaired) electrons. The summed E-state index contributed by atoms with van der Waals surface area (Å²) in [6.07, 6.45) is 8.18. The van der Waals surface area contributed by atoms with E-state index in [9.17, 15) is 0 Å². The largest absolute Gasteiger partial charge is 0.354 e. The molecule has 0 aromatic carbocycles. The van der Waals surface area contributed by atoms with Gasteiger partial charge >= 0.3 is 0 Å². The highest BCUT2D eigenvalue weighted by atomic mass is 127. The molecule has 2 saturated heterocycles. The third kappa shape index (κ3) is 5.80. The number of rotatable bonds is 6. The Hall–Kier alpha value is -0.900. The number of nitrogens with zero attached hydrogens (tertiary/aromatic N) is 6. The molecular formula is C18H34IN7. The van der Waals surface area contributed by atoms with Gasteiger partial charge in [-0.15, -0.1) is 34.2 Å². The van der Waals surface area contributed by atoms with Crippen LogP contribution in [0.4, 0.5) is 0 Å². The summed E-state index contributed by atoms with van der Waals surface area (Å²) < 4.78 is 2.11. The second-order valence-electron chi connectivity index (χ2n) is 7.23. The Morgan fingerprint density at radius 3 is 2.81 bits per heavy atom. The van der Waals surface area contributed by atoms with E-state index < -0.39 is 0 Å². The average Bonchev–Trinajstić information content (AvgIpc) is 3.29. The van der Waals surface area contributed by atoms with E-state index in [-0.39, 0.29) is 24.0 Å². The number of likely N-dealkylation sites (tertiary alicyclic amines) is 2. The summed E-state index contributed by atoms with van der Waals surface area (Å²) in [5.41, 5.74) is 0. The Morgan fingerprint density at radius 2 is 2.08 bits per heavy atom. The average molecular weight is 475 g/mol. The summed E-state index contributed by atoms with van der Waals surface area (Å²) in [6, 6.07) is 0. The van der Waals surface area contributed by atoms with E-state index in [1.807, 2.05) is 13.4 Å². The van der Waals surface area contributed by atoms with Crippen molar-refractivity contribution in [2.24, 2.45) is 10.9 Å². The summed E-state index contributed by atoms with van der Waals surface area (Å²) in [6.45, 7) is 9.93. The Kier molecular flexibility index (Phi) is 9.10. The van der Waals surface area contributed by atoms with Crippen LogP contribution >= 0.6 is 24.0 Å². The summed E-state index contributed by atoms with van der Waals surface area (Å²) in [7, 11) is 1.89. The van der Waals surface area contributed by atoms with Crippen LogP contribution in [0.3, 0.4) is 0 Å². The predicted molar refractivity (Wildman–Crippen MR) is 116 cm³/mol. The first-order valence-electron chi connectivity index (χ1n) is 9.84. The van der Waals surface area contributed by atoms with Gasteiger partial charge in [0.05, 0.1) is 0 Å². The molecular weight excluding hydrogens is 441 g/mol. The van der Waals surface area contributed by atoms with E-state index in [2.05, 4.69) is 41.8 Å². The first kappa shape index (κ1) is 21.4. The van der Waals surface area contributed by atoms with Gasteiger partial charge in [0.1, 0.15) is 12.2 Å². The molecule has 1 atom stereocenters. The summed E-state index contributed by atoms with van der Waals surface area (Å²) in [5, 5.41) is 11.6. The fourth-order valence-electron chi connectivity index (χ4n) is 4.04. The molecule has 0 amide bonds. The van der Waals surface area contributed by atoms with Crippen LogP contribution < -0.4 is 5.32 Å². The van der Waals surface area contributed by atoms with Crippen molar-refractivity contribution in [3.8, 4) is 0 Å². The van der Waals surface area contributed by atoms with Crippen LogP contribution in [0.1, 0.15) is 38.4 Å². The number of hydrogen-bond donors (Lipinski definition) is 1. The fraction of sp³-hybridized carbons (Fsp3) is 0.833. The molecule has 8 heteroatoms. The number of piperidine rings is 1. The topological polar surface area (TPSA) is 61.6 Å². The minimum absolute atomic E-state index is 0. The molecule has 1 unspecified atom stereocenters. The number of aliphatic imine (C=N–C) groups is 1. The molecule has 2 aliphatic rings. The van der Waals surface area contributed by atoms with Gasteiger partial charge in [0.2, 0.25) is 0 Å². The minimum Gasteiger partial charge on any atom is -0.354 e. The smallest absolute Gasteiger partial charge is 0.193 e. The third-order valence-electron chi connectivity index (χ3n) is 5.41. The van der Waals surface area contributed by atoms with E-state index in [1.165, 1.54) is 45.3 Å². The van der Waals surface area contributed by atoms with E-state index >= 15 is 0 Å². The molecule has 1 N–H and O–H groups in total. The number of aromatic nitrogens is 3. The lowest BCUT2D eigenvalue weighted by Gasteiger charge is -2.29. The molecule has 0 saturated carbocycles. The monoisotopic (exact) mass is 475 g/mol. The fourth-order valence-corrected chi connectivity index (χ4v) is 4.04. The van der Waals surface area contributed by atoms with Gasteiger partial charge in [0, 0.05) is 46.2 Å². The van der Waals surface area contributed by atoms with Gasteiger partial charge in [0.15, 0.2) is 5.96 Å². The van der Waals surface area contributed by atoms with Crippen molar-refractivity contribution < 1.29 is 0 Å². The van der Waals surface area contributed by atoms with Crippen LogP contribution in [0.2, 0.25) is 0 Å². The van der Waals surface area contributed by atoms with Crippen LogP contribution in [-0.2, 0) is 13.0 Å². The predicted octanol–water partition coefficient (Wildman–Crippen LogP) is 1.84. The van der Waals surface area contributed by atoms with Crippen LogP contribution in [-0.4, -0.2) is 76.8 Å². The van der Waals surface area contributed by atoms with E-state index in [0.717, 1.165) is 50.3 Å². The molecule has 0 spiro atoms. The zero-order valence-corrected chi connectivity index (χ0v) is 18.6. The number of guanidine groups is 1. The van der Waals surface area contributed by atoms with Gasteiger partial charge in [-0.1, -0.05) is 13.3 Å². The molecule has 2 aliphatic heterocycles. The van der Waals surface area contributed by atoms with Crippen molar-refractivity contribution >= 4 is 29.9 Å². The van der Waals surface area contributed by atoms with Gasteiger partial charge in [-0.3, -0.25) is 4.99 Å². The van der Waals surface area contributed by atoms with Crippen molar-refractivity contribution in [3.05, 3.63) is 12.2 Å². The van der Waals surface area contributed by atoms with Crippen LogP contribution in [0.5, 0.6) is 0 Å². The summed E-state index contributed by atoms with van der Waals surface area (Å²) in [4.78, 5) is 9.57. The first-order valence-corrected chi connectivity index (χ1v) is 9.84. The van der Waals surface area contributed by atoms with Crippen molar-refractivity contribution in [2.75, 3.05) is 46.3 Å². The highest BCUT2D eigenvalue weighted by Crippen LogP contribution is 2.19. The standard InChI is InChI=1S/C18H33N7.HI/c1-3-17-22-21-15-25(17)12-8-20-18(19-2)24-11-7-16(14-24)13-23-9-5-4-6-10-23;/h15-16H,3-14H2,1-2H3,(H,19,20);1H. The van der Waals surface area contributed by atoms with Gasteiger partial charge in [-0.05, 0) is 38.3 Å². The van der Waals surface area contributed by atoms with Crippen molar-refractivity contribution in [1.29, 1.82) is 0 Å². The molecule has 1 aromatic rings. The Morgan fingerprint density at radius 1 is 1.27 bits per heavy atom. The molecule has 26 heavy (non-hydrogen) atoms. The van der Waals surface area contributed by atoms with Gasteiger partial charge < -0.3 is 19.7 Å². The van der Waals surface area contributed by atoms with Crippen LogP contribution in [0.25, 0.3) is 0 Å². The second-order valence-corrected chi connectivity index (χ2v) is 7.23. The van der Waals surface area contributed by atoms with Gasteiger partial charge in [-0.25, -0.2) is 0 Å². The molecule has 3 heterocycles. The quantitative estimate of drug-likeness (QED) is 0.387. The van der Waals surface area contributed by atoms with Crippen LogP contribution in [0.15, 0.2) is 11.3 Å². The maximum atomic E-state index is 4.49. The second kappa shape index (κ2) is 11.1. The number of hydrogen-bond acceptors (Lipinski definition) is 4. The maximum absolute atomic E-state index is 4.49. The van der Waals surface area contributed by atoms with Gasteiger partial charge in [0.25, 0.3) is 0 Å². The molecule has 0 bridgehead atoms. The Bertz CT molecular complexity index is 553. The van der Waals surface area contributed by atoms with Crippen LogP contribution in [0, 0.1) is 5.92 Å². The van der Waals surface area contributed by atoms with E-state index in [4.69, 9.17) is 0 Å². The highest BCUT2D eigenvalue weighted by molar-refractivity contribution is 14.0. The van der Waals surface area contributed by atoms with E-state index in [1.54, 1.807) is 0 Å². The number of halogens is 1. The number of nitrogens with one attached hydrogen (secondary N) is 1. The SMILES string of the molecule is CCc1nncn1CCNC(=NC)N1CCC(CN2CCCCC2)C1.I. The molecule has 0 aliphatic carbocycles. The Labute approximate surface area is 174 Å². The normalized spacial score (nSPS) is 21.7. The molecule has 1 aromatic heterocycles. The lowest BCUT2D eigenvalue weighted by Crippen LogP contribution is -2.42. The molecule has 7 nitrogen and oxygen atoms in total. The molecule has 3 rings (SSSR count). The molecule has 2 fully saturated rings. The lowest BCUT2D eigenvalue weighted by atomic mass is 10.1. The minimum atomic E-state index is 0. The highest BCUT2D eigenvalue weighted by Gasteiger charge is 2.26. The van der Waals surface area contributed by atoms with Crippen molar-refractivity contribution in [2.45, 2.75) is 45.6 Å². The van der Waals surface area contributed by atoms with Crippen molar-refractivity contribution in [1.82, 2.24) is 29.9 Å². The molecule has 148 valence electrons. The first-order chi connectivity index (χ1) is 12.3. The van der Waals surface area contributed by atoms with Crippen molar-refractivity contribution in [3.63, 3.8) is 0 Å². The van der Waals surface area contributed by atoms with E-state index in [0.29, 0.717) is 0 Å². The zero-order chi connectivity index (χ0) is 17.5. The Balaban J connectivity index is 0.00000243. The summed E-state index contributed by atoms with van der Waals surface area (Å²) >= 11 is 0. The maximum Gasteiger partial charge on any atom is 0.193 e. The zero-order valence-electron chi connectivity index (χ0n) is 16.2. The lowest BCUT2D eigenvalue weighted by molar-refractivity contribution is 0.198. The summed E-state index contributed by atoms with van der Waals surface area (Å²) in [5.74, 6) is 2.85.